The van der Waals surface area contributed by atoms with Crippen molar-refractivity contribution < 1.29 is 9.18 Å². The Kier molecular flexibility index (Phi) is 6.25. The Hall–Kier alpha value is -3.29. The number of aromatic nitrogens is 4. The molecule has 8 heteroatoms. The number of amides is 1. The van der Waals surface area contributed by atoms with Crippen LogP contribution in [0.15, 0.2) is 36.4 Å². The first kappa shape index (κ1) is 21.0. The van der Waals surface area contributed by atoms with Gasteiger partial charge in [0.05, 0.1) is 6.42 Å². The third-order valence-electron chi connectivity index (χ3n) is 5.49. The Morgan fingerprint density at radius 3 is 2.74 bits per heavy atom. The van der Waals surface area contributed by atoms with Gasteiger partial charge in [0.2, 0.25) is 5.91 Å². The summed E-state index contributed by atoms with van der Waals surface area (Å²) in [6.07, 6.45) is 3.13. The Bertz CT molecular complexity index is 1050. The lowest BCUT2D eigenvalue weighted by atomic mass is 9.92. The Morgan fingerprint density at radius 1 is 1.19 bits per heavy atom. The molecule has 1 saturated heterocycles. The maximum absolute atomic E-state index is 13.1. The smallest absolute Gasteiger partial charge is 0.226 e. The highest BCUT2D eigenvalue weighted by Crippen LogP contribution is 2.23. The Morgan fingerprint density at radius 2 is 2.00 bits per heavy atom. The Balaban J connectivity index is 1.38. The first-order valence-electron chi connectivity index (χ1n) is 10.6. The minimum atomic E-state index is -0.286. The molecule has 31 heavy (non-hydrogen) atoms. The van der Waals surface area contributed by atoms with Crippen molar-refractivity contribution >= 4 is 17.5 Å². The highest BCUT2D eigenvalue weighted by molar-refractivity contribution is 5.78. The number of aromatic amines is 1. The van der Waals surface area contributed by atoms with E-state index in [-0.39, 0.29) is 11.7 Å². The predicted molar refractivity (Wildman–Crippen MR) is 116 cm³/mol. The number of nitrogens with zero attached hydrogens (tertiary/aromatic N) is 4. The summed E-state index contributed by atoms with van der Waals surface area (Å²) in [7, 11) is 0. The first-order valence-corrected chi connectivity index (χ1v) is 10.6. The molecule has 0 radical (unpaired) electrons. The zero-order chi connectivity index (χ0) is 21.8. The fraction of sp³-hybridized carbons (Fsp3) is 0.391. The molecule has 2 aromatic heterocycles. The molecule has 0 saturated carbocycles. The third-order valence-corrected chi connectivity index (χ3v) is 5.49. The van der Waals surface area contributed by atoms with Crippen molar-refractivity contribution in [3.05, 3.63) is 65.0 Å². The molecule has 7 nitrogen and oxygen atoms in total. The molecule has 0 bridgehead atoms. The maximum atomic E-state index is 13.1. The van der Waals surface area contributed by atoms with Crippen LogP contribution in [-0.2, 0) is 17.6 Å². The van der Waals surface area contributed by atoms with Crippen LogP contribution in [0, 0.1) is 25.6 Å². The largest absolute Gasteiger partial charge is 0.342 e. The summed E-state index contributed by atoms with van der Waals surface area (Å²) in [5.41, 5.74) is 2.77. The monoisotopic (exact) mass is 422 g/mol. The summed E-state index contributed by atoms with van der Waals surface area (Å²) in [6, 6.07) is 10.0. The summed E-state index contributed by atoms with van der Waals surface area (Å²) in [4.78, 5) is 23.7. The van der Waals surface area contributed by atoms with Crippen molar-refractivity contribution in [1.82, 2.24) is 25.1 Å². The van der Waals surface area contributed by atoms with Crippen LogP contribution in [0.2, 0.25) is 0 Å². The molecule has 0 unspecified atom stereocenters. The molecule has 1 fully saturated rings. The van der Waals surface area contributed by atoms with Crippen LogP contribution in [-0.4, -0.2) is 44.1 Å². The molecule has 4 rings (SSSR count). The minimum Gasteiger partial charge on any atom is -0.342 e. The number of hydrogen-bond acceptors (Lipinski definition) is 5. The molecule has 2 N–H and O–H groups in total. The molecule has 1 aliphatic heterocycles. The number of carbonyl (C=O) groups is 1. The van der Waals surface area contributed by atoms with E-state index >= 15 is 0 Å². The molecule has 162 valence electrons. The van der Waals surface area contributed by atoms with Crippen LogP contribution in [0.4, 0.5) is 16.0 Å². The van der Waals surface area contributed by atoms with E-state index in [0.29, 0.717) is 30.5 Å². The summed E-state index contributed by atoms with van der Waals surface area (Å²) in [5.74, 6) is 2.29. The average Bonchev–Trinajstić information content (AvgIpc) is 3.14. The van der Waals surface area contributed by atoms with Crippen molar-refractivity contribution in [3.8, 4) is 0 Å². The Labute approximate surface area is 181 Å². The lowest BCUT2D eigenvalue weighted by Gasteiger charge is -2.33. The predicted octanol–water partition coefficient (Wildman–Crippen LogP) is 3.72. The van der Waals surface area contributed by atoms with Gasteiger partial charge in [-0.25, -0.2) is 14.4 Å². The van der Waals surface area contributed by atoms with Gasteiger partial charge in [-0.2, -0.15) is 5.10 Å². The van der Waals surface area contributed by atoms with E-state index in [2.05, 4.69) is 25.5 Å². The van der Waals surface area contributed by atoms with Crippen LogP contribution in [0.5, 0.6) is 0 Å². The van der Waals surface area contributed by atoms with Crippen molar-refractivity contribution in [3.63, 3.8) is 0 Å². The lowest BCUT2D eigenvalue weighted by Crippen LogP contribution is -2.41. The van der Waals surface area contributed by atoms with Gasteiger partial charge in [-0.1, -0.05) is 12.1 Å². The molecule has 1 atom stereocenters. The van der Waals surface area contributed by atoms with E-state index in [1.807, 2.05) is 30.9 Å². The van der Waals surface area contributed by atoms with Gasteiger partial charge >= 0.3 is 0 Å². The van der Waals surface area contributed by atoms with Gasteiger partial charge in [0.25, 0.3) is 0 Å². The fourth-order valence-electron chi connectivity index (χ4n) is 4.05. The zero-order valence-electron chi connectivity index (χ0n) is 17.9. The molecule has 1 amide bonds. The van der Waals surface area contributed by atoms with Gasteiger partial charge in [0.1, 0.15) is 17.5 Å². The second kappa shape index (κ2) is 9.24. The number of anilines is 2. The quantitative estimate of drug-likeness (QED) is 0.632. The van der Waals surface area contributed by atoms with Gasteiger partial charge in [-0.05, 0) is 56.7 Å². The highest BCUT2D eigenvalue weighted by Gasteiger charge is 2.24. The van der Waals surface area contributed by atoms with E-state index < -0.39 is 0 Å². The van der Waals surface area contributed by atoms with Crippen molar-refractivity contribution in [2.24, 2.45) is 5.92 Å². The number of piperidine rings is 1. The lowest BCUT2D eigenvalue weighted by molar-refractivity contribution is -0.132. The van der Waals surface area contributed by atoms with E-state index in [1.54, 1.807) is 12.1 Å². The number of benzene rings is 1. The van der Waals surface area contributed by atoms with Crippen LogP contribution in [0.1, 0.15) is 35.6 Å². The molecule has 0 aliphatic carbocycles. The average molecular weight is 423 g/mol. The van der Waals surface area contributed by atoms with Crippen molar-refractivity contribution in [2.45, 2.75) is 39.5 Å². The first-order chi connectivity index (χ1) is 14.9. The number of nitrogens with one attached hydrogen (secondary N) is 2. The summed E-state index contributed by atoms with van der Waals surface area (Å²) >= 11 is 0. The number of aryl methyl sites for hydroxylation is 2. The van der Waals surface area contributed by atoms with Gasteiger partial charge in [0.15, 0.2) is 5.82 Å². The van der Waals surface area contributed by atoms with Crippen LogP contribution < -0.4 is 5.32 Å². The molecule has 0 spiro atoms. The van der Waals surface area contributed by atoms with Crippen LogP contribution in [0.25, 0.3) is 0 Å². The number of likely N-dealkylation sites (tertiary alicyclic amines) is 1. The van der Waals surface area contributed by atoms with Crippen molar-refractivity contribution in [2.75, 3.05) is 18.4 Å². The molecule has 3 aromatic rings. The standard InChI is InChI=1S/C23H27FN6O/c1-15-10-22(29-28-15)27-21-13-20(25-16(2)26-21)11-18-4-3-9-30(14-18)23(31)12-17-5-7-19(24)8-6-17/h5-8,10,13,18H,3-4,9,11-12,14H2,1-2H3,(H2,25,26,27,28,29)/t18-/m0/s1. The van der Waals surface area contributed by atoms with Crippen LogP contribution >= 0.6 is 0 Å². The second-order valence-electron chi connectivity index (χ2n) is 8.21. The van der Waals surface area contributed by atoms with Gasteiger partial charge in [0, 0.05) is 36.6 Å². The molecule has 1 aliphatic rings. The summed E-state index contributed by atoms with van der Waals surface area (Å²) < 4.78 is 13.1. The van der Waals surface area contributed by atoms with Gasteiger partial charge in [-0.3, -0.25) is 9.89 Å². The van der Waals surface area contributed by atoms with Gasteiger partial charge < -0.3 is 10.2 Å². The SMILES string of the molecule is Cc1nc(C[C@@H]2CCCN(C(=O)Cc3ccc(F)cc3)C2)cc(Nc2cc(C)[nH]n2)n1. The van der Waals surface area contributed by atoms with E-state index in [1.165, 1.54) is 12.1 Å². The molecular formula is C23H27FN6O. The van der Waals surface area contributed by atoms with Gasteiger partial charge in [-0.15, -0.1) is 0 Å². The fourth-order valence-corrected chi connectivity index (χ4v) is 4.05. The maximum Gasteiger partial charge on any atom is 0.226 e. The normalized spacial score (nSPS) is 16.4. The number of rotatable bonds is 6. The topological polar surface area (TPSA) is 86.8 Å². The zero-order valence-corrected chi connectivity index (χ0v) is 17.9. The van der Waals surface area contributed by atoms with E-state index in [0.717, 1.165) is 48.6 Å². The number of carbonyl (C=O) groups excluding carboxylic acids is 1. The molecule has 3 heterocycles. The summed E-state index contributed by atoms with van der Waals surface area (Å²) in [6.45, 7) is 5.31. The van der Waals surface area contributed by atoms with Crippen molar-refractivity contribution in [1.29, 1.82) is 0 Å². The molecule has 1 aromatic carbocycles. The van der Waals surface area contributed by atoms with Crippen LogP contribution in [0.3, 0.4) is 0 Å². The highest BCUT2D eigenvalue weighted by atomic mass is 19.1. The second-order valence-corrected chi connectivity index (χ2v) is 8.21. The number of H-pyrrole nitrogens is 1. The molecular weight excluding hydrogens is 395 g/mol. The third kappa shape index (κ3) is 5.65. The number of hydrogen-bond donors (Lipinski definition) is 2. The van der Waals surface area contributed by atoms with E-state index in [4.69, 9.17) is 0 Å². The van der Waals surface area contributed by atoms with E-state index in [9.17, 15) is 9.18 Å². The minimum absolute atomic E-state index is 0.0893. The number of halogens is 1. The summed E-state index contributed by atoms with van der Waals surface area (Å²) in [5, 5.41) is 10.3.